The molecule has 0 spiro atoms. The van der Waals surface area contributed by atoms with Crippen LogP contribution in [0.5, 0.6) is 0 Å². The summed E-state index contributed by atoms with van der Waals surface area (Å²) in [7, 11) is 1.66. The van der Waals surface area contributed by atoms with Gasteiger partial charge in [-0.1, -0.05) is 47.5 Å². The molecule has 4 nitrogen and oxygen atoms in total. The fraction of sp³-hybridized carbons (Fsp3) is 0.167. The second kappa shape index (κ2) is 7.26. The third-order valence-corrected chi connectivity index (χ3v) is 4.34. The van der Waals surface area contributed by atoms with Crippen LogP contribution in [0.15, 0.2) is 42.5 Å². The largest absolute Gasteiger partial charge is 0.380 e. The van der Waals surface area contributed by atoms with Crippen molar-refractivity contribution in [1.82, 2.24) is 10.3 Å². The predicted octanol–water partition coefficient (Wildman–Crippen LogP) is 4.55. The van der Waals surface area contributed by atoms with Gasteiger partial charge in [0.15, 0.2) is 0 Å². The number of benzene rings is 2. The summed E-state index contributed by atoms with van der Waals surface area (Å²) in [6, 6.07) is 13.2. The van der Waals surface area contributed by atoms with Crippen molar-refractivity contribution in [3.63, 3.8) is 0 Å². The molecule has 2 aromatic carbocycles. The van der Waals surface area contributed by atoms with Gasteiger partial charge in [-0.2, -0.15) is 0 Å². The summed E-state index contributed by atoms with van der Waals surface area (Å²) in [6.07, 6.45) is 0. The SMILES string of the molecule is COCc1ccc(CNC(=O)c2[nH]c3ccc(Cl)cc3c2Cl)cc1. The van der Waals surface area contributed by atoms with E-state index in [-0.39, 0.29) is 5.91 Å². The number of hydrogen-bond acceptors (Lipinski definition) is 2. The van der Waals surface area contributed by atoms with Crippen molar-refractivity contribution in [3.05, 3.63) is 69.3 Å². The van der Waals surface area contributed by atoms with Crippen molar-refractivity contribution in [2.45, 2.75) is 13.2 Å². The lowest BCUT2D eigenvalue weighted by Gasteiger charge is -2.06. The molecule has 6 heteroatoms. The van der Waals surface area contributed by atoms with E-state index in [0.29, 0.717) is 28.9 Å². The lowest BCUT2D eigenvalue weighted by molar-refractivity contribution is 0.0947. The molecule has 24 heavy (non-hydrogen) atoms. The van der Waals surface area contributed by atoms with Gasteiger partial charge in [-0.15, -0.1) is 0 Å². The van der Waals surface area contributed by atoms with Gasteiger partial charge in [0.1, 0.15) is 5.69 Å². The van der Waals surface area contributed by atoms with Crippen LogP contribution in [0, 0.1) is 0 Å². The molecule has 1 amide bonds. The summed E-state index contributed by atoms with van der Waals surface area (Å²) >= 11 is 12.3. The second-order valence-electron chi connectivity index (χ2n) is 5.44. The van der Waals surface area contributed by atoms with Gasteiger partial charge in [0.05, 0.1) is 11.6 Å². The number of carbonyl (C=O) groups excluding carboxylic acids is 1. The number of amides is 1. The summed E-state index contributed by atoms with van der Waals surface area (Å²) in [5.41, 5.74) is 3.20. The molecule has 124 valence electrons. The van der Waals surface area contributed by atoms with Crippen LogP contribution in [-0.4, -0.2) is 18.0 Å². The molecule has 0 atom stereocenters. The minimum Gasteiger partial charge on any atom is -0.380 e. The number of aromatic amines is 1. The number of hydrogen-bond donors (Lipinski definition) is 2. The molecule has 0 saturated carbocycles. The summed E-state index contributed by atoms with van der Waals surface area (Å²) in [4.78, 5) is 15.4. The smallest absolute Gasteiger partial charge is 0.269 e. The van der Waals surface area contributed by atoms with Gasteiger partial charge in [-0.25, -0.2) is 0 Å². The van der Waals surface area contributed by atoms with Crippen molar-refractivity contribution in [2.24, 2.45) is 0 Å². The van der Waals surface area contributed by atoms with Crippen molar-refractivity contribution in [3.8, 4) is 0 Å². The number of H-pyrrole nitrogens is 1. The van der Waals surface area contributed by atoms with Gasteiger partial charge >= 0.3 is 0 Å². The van der Waals surface area contributed by atoms with Crippen LogP contribution in [0.3, 0.4) is 0 Å². The summed E-state index contributed by atoms with van der Waals surface area (Å²) in [6.45, 7) is 0.985. The molecule has 0 aliphatic rings. The third-order valence-electron chi connectivity index (χ3n) is 3.71. The van der Waals surface area contributed by atoms with Crippen molar-refractivity contribution in [1.29, 1.82) is 0 Å². The van der Waals surface area contributed by atoms with Crippen LogP contribution in [0.4, 0.5) is 0 Å². The van der Waals surface area contributed by atoms with E-state index in [1.54, 1.807) is 25.3 Å². The zero-order valence-electron chi connectivity index (χ0n) is 13.0. The number of aromatic nitrogens is 1. The highest BCUT2D eigenvalue weighted by Crippen LogP contribution is 2.29. The van der Waals surface area contributed by atoms with Gasteiger partial charge in [0.25, 0.3) is 5.91 Å². The molecule has 0 fully saturated rings. The molecule has 0 aliphatic heterocycles. The van der Waals surface area contributed by atoms with Gasteiger partial charge in [0.2, 0.25) is 0 Å². The lowest BCUT2D eigenvalue weighted by Crippen LogP contribution is -2.23. The van der Waals surface area contributed by atoms with Crippen molar-refractivity contribution >= 4 is 40.0 Å². The highest BCUT2D eigenvalue weighted by molar-refractivity contribution is 6.39. The van der Waals surface area contributed by atoms with Crippen molar-refractivity contribution in [2.75, 3.05) is 7.11 Å². The Labute approximate surface area is 149 Å². The third kappa shape index (κ3) is 3.56. The first-order chi connectivity index (χ1) is 11.6. The molecule has 1 aromatic heterocycles. The average molecular weight is 363 g/mol. The molecule has 2 N–H and O–H groups in total. The fourth-order valence-electron chi connectivity index (χ4n) is 2.48. The molecule has 1 heterocycles. The van der Waals surface area contributed by atoms with E-state index >= 15 is 0 Å². The van der Waals surface area contributed by atoms with Crippen LogP contribution in [0.1, 0.15) is 21.6 Å². The van der Waals surface area contributed by atoms with E-state index in [4.69, 9.17) is 27.9 Å². The maximum atomic E-state index is 12.4. The van der Waals surface area contributed by atoms with E-state index < -0.39 is 0 Å². The van der Waals surface area contributed by atoms with Gasteiger partial charge < -0.3 is 15.0 Å². The zero-order valence-corrected chi connectivity index (χ0v) is 14.5. The standard InChI is InChI=1S/C18H16Cl2N2O2/c1-24-10-12-4-2-11(3-5-12)9-21-18(23)17-16(20)14-8-13(19)6-7-15(14)22-17/h2-8,22H,9-10H2,1H3,(H,21,23). The minimum atomic E-state index is -0.256. The fourth-order valence-corrected chi connectivity index (χ4v) is 2.94. The Morgan fingerprint density at radius 1 is 1.12 bits per heavy atom. The van der Waals surface area contributed by atoms with E-state index in [0.717, 1.165) is 22.0 Å². The normalized spacial score (nSPS) is 11.0. The van der Waals surface area contributed by atoms with E-state index in [9.17, 15) is 4.79 Å². The molecule has 0 aliphatic carbocycles. The topological polar surface area (TPSA) is 54.1 Å². The Balaban J connectivity index is 1.72. The number of ether oxygens (including phenoxy) is 1. The molecule has 3 aromatic rings. The molecular weight excluding hydrogens is 347 g/mol. The first-order valence-electron chi connectivity index (χ1n) is 7.40. The quantitative estimate of drug-likeness (QED) is 0.699. The predicted molar refractivity (Wildman–Crippen MR) is 96.6 cm³/mol. The molecular formula is C18H16Cl2N2O2. The maximum Gasteiger partial charge on any atom is 0.269 e. The number of carbonyl (C=O) groups is 1. The van der Waals surface area contributed by atoms with Crippen LogP contribution >= 0.6 is 23.2 Å². The van der Waals surface area contributed by atoms with Gasteiger partial charge in [-0.3, -0.25) is 4.79 Å². The van der Waals surface area contributed by atoms with E-state index in [2.05, 4.69) is 10.3 Å². The Kier molecular flexibility index (Phi) is 5.09. The first kappa shape index (κ1) is 16.8. The number of methoxy groups -OCH3 is 1. The highest BCUT2D eigenvalue weighted by atomic mass is 35.5. The van der Waals surface area contributed by atoms with Crippen LogP contribution < -0.4 is 5.32 Å². The molecule has 3 rings (SSSR count). The maximum absolute atomic E-state index is 12.4. The Hall–Kier alpha value is -2.01. The number of rotatable bonds is 5. The number of fused-ring (bicyclic) bond motifs is 1. The summed E-state index contributed by atoms with van der Waals surface area (Å²) in [5, 5.41) is 4.55. The van der Waals surface area contributed by atoms with Crippen LogP contribution in [-0.2, 0) is 17.9 Å². The second-order valence-corrected chi connectivity index (χ2v) is 6.25. The monoisotopic (exact) mass is 362 g/mol. The molecule has 0 bridgehead atoms. The van der Waals surface area contributed by atoms with Crippen LogP contribution in [0.2, 0.25) is 10.0 Å². The number of nitrogens with one attached hydrogen (secondary N) is 2. The zero-order chi connectivity index (χ0) is 17.1. The van der Waals surface area contributed by atoms with E-state index in [1.807, 2.05) is 24.3 Å². The van der Waals surface area contributed by atoms with Gasteiger partial charge in [-0.05, 0) is 29.3 Å². The molecule has 0 radical (unpaired) electrons. The molecule has 0 saturated heterocycles. The Morgan fingerprint density at radius 2 is 1.83 bits per heavy atom. The molecule has 0 unspecified atom stereocenters. The van der Waals surface area contributed by atoms with E-state index in [1.165, 1.54) is 0 Å². The first-order valence-corrected chi connectivity index (χ1v) is 8.16. The van der Waals surface area contributed by atoms with Crippen LogP contribution in [0.25, 0.3) is 10.9 Å². The summed E-state index contributed by atoms with van der Waals surface area (Å²) < 4.78 is 5.08. The Bertz CT molecular complexity index is 873. The summed E-state index contributed by atoms with van der Waals surface area (Å²) in [5.74, 6) is -0.256. The lowest BCUT2D eigenvalue weighted by atomic mass is 10.1. The van der Waals surface area contributed by atoms with Crippen molar-refractivity contribution < 1.29 is 9.53 Å². The Morgan fingerprint density at radius 3 is 2.54 bits per heavy atom. The highest BCUT2D eigenvalue weighted by Gasteiger charge is 2.16. The van der Waals surface area contributed by atoms with Gasteiger partial charge in [0, 0.05) is 29.6 Å². The average Bonchev–Trinajstić information content (AvgIpc) is 2.91. The minimum absolute atomic E-state index is 0.256. The number of halogens is 2.